The van der Waals surface area contributed by atoms with Gasteiger partial charge in [-0.15, -0.1) is 0 Å². The third-order valence-electron chi connectivity index (χ3n) is 3.21. The van der Waals surface area contributed by atoms with Gasteiger partial charge < -0.3 is 4.90 Å². The zero-order valence-corrected chi connectivity index (χ0v) is 11.9. The normalized spacial score (nSPS) is 18.6. The molecule has 1 aliphatic heterocycles. The SMILES string of the molecule is Cc1c(N2CC(CN=[N+]=[N-])CC2=O)ccc(Br)c1F. The van der Waals surface area contributed by atoms with Crippen molar-refractivity contribution in [3.8, 4) is 0 Å². The monoisotopic (exact) mass is 326 g/mol. The van der Waals surface area contributed by atoms with Crippen LogP contribution in [0.25, 0.3) is 10.4 Å². The van der Waals surface area contributed by atoms with Crippen molar-refractivity contribution in [2.75, 3.05) is 18.0 Å². The van der Waals surface area contributed by atoms with E-state index in [1.165, 1.54) is 0 Å². The molecule has 7 heteroatoms. The molecule has 0 spiro atoms. The van der Waals surface area contributed by atoms with Crippen molar-refractivity contribution in [2.24, 2.45) is 11.0 Å². The molecule has 1 fully saturated rings. The van der Waals surface area contributed by atoms with Crippen LogP contribution in [0.3, 0.4) is 0 Å². The van der Waals surface area contributed by atoms with E-state index in [0.29, 0.717) is 28.7 Å². The molecule has 0 aromatic heterocycles. The fraction of sp³-hybridized carbons (Fsp3) is 0.417. The van der Waals surface area contributed by atoms with E-state index >= 15 is 0 Å². The number of azide groups is 1. The molecule has 0 saturated carbocycles. The van der Waals surface area contributed by atoms with Gasteiger partial charge >= 0.3 is 0 Å². The van der Waals surface area contributed by atoms with Gasteiger partial charge in [-0.2, -0.15) is 0 Å². The molecular formula is C12H12BrFN4O. The summed E-state index contributed by atoms with van der Waals surface area (Å²) >= 11 is 3.12. The second-order valence-electron chi connectivity index (χ2n) is 4.49. The number of carbonyl (C=O) groups excluding carboxylic acids is 1. The summed E-state index contributed by atoms with van der Waals surface area (Å²) in [5, 5.41) is 3.49. The van der Waals surface area contributed by atoms with Crippen LogP contribution in [-0.2, 0) is 4.79 Å². The number of halogens is 2. The Labute approximate surface area is 118 Å². The fourth-order valence-corrected chi connectivity index (χ4v) is 2.65. The molecule has 2 rings (SSSR count). The molecule has 1 aromatic carbocycles. The Balaban J connectivity index is 2.26. The predicted octanol–water partition coefficient (Wildman–Crippen LogP) is 3.56. The lowest BCUT2D eigenvalue weighted by atomic mass is 10.1. The van der Waals surface area contributed by atoms with Crippen LogP contribution in [-0.4, -0.2) is 19.0 Å². The largest absolute Gasteiger partial charge is 0.312 e. The Morgan fingerprint density at radius 2 is 2.37 bits per heavy atom. The second-order valence-corrected chi connectivity index (χ2v) is 5.35. The van der Waals surface area contributed by atoms with E-state index in [4.69, 9.17) is 5.53 Å². The van der Waals surface area contributed by atoms with Crippen LogP contribution in [0, 0.1) is 18.7 Å². The van der Waals surface area contributed by atoms with E-state index in [9.17, 15) is 9.18 Å². The summed E-state index contributed by atoms with van der Waals surface area (Å²) in [6.45, 7) is 2.39. The lowest BCUT2D eigenvalue weighted by Gasteiger charge is -2.19. The molecule has 1 aliphatic rings. The van der Waals surface area contributed by atoms with Gasteiger partial charge in [0.2, 0.25) is 5.91 Å². The summed E-state index contributed by atoms with van der Waals surface area (Å²) in [7, 11) is 0. The maximum absolute atomic E-state index is 13.8. The molecule has 100 valence electrons. The second kappa shape index (κ2) is 5.59. The molecule has 0 N–H and O–H groups in total. The first-order valence-electron chi connectivity index (χ1n) is 5.80. The number of benzene rings is 1. The number of carbonyl (C=O) groups is 1. The summed E-state index contributed by atoms with van der Waals surface area (Å²) in [5.41, 5.74) is 9.31. The molecule has 19 heavy (non-hydrogen) atoms. The van der Waals surface area contributed by atoms with Gasteiger partial charge in [0.15, 0.2) is 0 Å². The van der Waals surface area contributed by atoms with Crippen LogP contribution in [0.15, 0.2) is 21.7 Å². The fourth-order valence-electron chi connectivity index (χ4n) is 2.22. The zero-order valence-electron chi connectivity index (χ0n) is 10.3. The summed E-state index contributed by atoms with van der Waals surface area (Å²) in [6, 6.07) is 3.31. The quantitative estimate of drug-likeness (QED) is 0.475. The number of nitrogens with zero attached hydrogens (tertiary/aromatic N) is 4. The minimum atomic E-state index is -0.358. The topological polar surface area (TPSA) is 69.1 Å². The van der Waals surface area contributed by atoms with Crippen molar-refractivity contribution in [1.82, 2.24) is 0 Å². The van der Waals surface area contributed by atoms with Crippen molar-refractivity contribution in [1.29, 1.82) is 0 Å². The number of hydrogen-bond donors (Lipinski definition) is 0. The number of amides is 1. The lowest BCUT2D eigenvalue weighted by Crippen LogP contribution is -2.25. The average Bonchev–Trinajstić information content (AvgIpc) is 2.75. The van der Waals surface area contributed by atoms with Gasteiger partial charge in [-0.3, -0.25) is 4.79 Å². The smallest absolute Gasteiger partial charge is 0.227 e. The third kappa shape index (κ3) is 2.72. The summed E-state index contributed by atoms with van der Waals surface area (Å²) in [5.74, 6) is -0.429. The van der Waals surface area contributed by atoms with E-state index in [-0.39, 0.29) is 24.2 Å². The van der Waals surface area contributed by atoms with Gasteiger partial charge in [-0.25, -0.2) is 4.39 Å². The highest BCUT2D eigenvalue weighted by molar-refractivity contribution is 9.10. The van der Waals surface area contributed by atoms with E-state index in [2.05, 4.69) is 26.0 Å². The van der Waals surface area contributed by atoms with E-state index in [1.807, 2.05) is 0 Å². The number of rotatable bonds is 3. The van der Waals surface area contributed by atoms with E-state index in [1.54, 1.807) is 24.0 Å². The van der Waals surface area contributed by atoms with Gasteiger partial charge in [0, 0.05) is 35.7 Å². The van der Waals surface area contributed by atoms with Gasteiger partial charge in [0.25, 0.3) is 0 Å². The van der Waals surface area contributed by atoms with Crippen molar-refractivity contribution in [3.05, 3.63) is 38.4 Å². The van der Waals surface area contributed by atoms with Crippen LogP contribution in [0.2, 0.25) is 0 Å². The van der Waals surface area contributed by atoms with Gasteiger partial charge in [0.1, 0.15) is 5.82 Å². The average molecular weight is 327 g/mol. The van der Waals surface area contributed by atoms with Crippen LogP contribution in [0.5, 0.6) is 0 Å². The number of anilines is 1. The van der Waals surface area contributed by atoms with E-state index < -0.39 is 0 Å². The lowest BCUT2D eigenvalue weighted by molar-refractivity contribution is -0.117. The minimum absolute atomic E-state index is 0.00509. The van der Waals surface area contributed by atoms with Gasteiger partial charge in [-0.05, 0) is 46.4 Å². The predicted molar refractivity (Wildman–Crippen MR) is 73.3 cm³/mol. The molecule has 1 aromatic rings. The molecule has 0 bridgehead atoms. The minimum Gasteiger partial charge on any atom is -0.312 e. The van der Waals surface area contributed by atoms with Crippen molar-refractivity contribution in [3.63, 3.8) is 0 Å². The zero-order chi connectivity index (χ0) is 14.0. The Morgan fingerprint density at radius 1 is 1.63 bits per heavy atom. The van der Waals surface area contributed by atoms with Crippen LogP contribution < -0.4 is 4.90 Å². The molecule has 5 nitrogen and oxygen atoms in total. The Hall–Kier alpha value is -1.59. The first-order chi connectivity index (χ1) is 9.04. The number of hydrogen-bond acceptors (Lipinski definition) is 2. The Bertz CT molecular complexity index is 571. The molecular weight excluding hydrogens is 315 g/mol. The molecule has 0 aliphatic carbocycles. The Kier molecular flexibility index (Phi) is 4.07. The highest BCUT2D eigenvalue weighted by atomic mass is 79.9. The van der Waals surface area contributed by atoms with E-state index in [0.717, 1.165) is 0 Å². The highest BCUT2D eigenvalue weighted by Gasteiger charge is 2.31. The highest BCUT2D eigenvalue weighted by Crippen LogP contribution is 2.32. The molecule has 0 radical (unpaired) electrons. The third-order valence-corrected chi connectivity index (χ3v) is 3.82. The summed E-state index contributed by atoms with van der Waals surface area (Å²) in [4.78, 5) is 16.2. The maximum atomic E-state index is 13.8. The Morgan fingerprint density at radius 3 is 3.05 bits per heavy atom. The molecule has 1 saturated heterocycles. The first-order valence-corrected chi connectivity index (χ1v) is 6.59. The molecule has 1 heterocycles. The van der Waals surface area contributed by atoms with Crippen LogP contribution >= 0.6 is 15.9 Å². The maximum Gasteiger partial charge on any atom is 0.227 e. The molecule has 1 amide bonds. The molecule has 1 atom stereocenters. The van der Waals surface area contributed by atoms with Gasteiger partial charge in [-0.1, -0.05) is 5.11 Å². The summed E-state index contributed by atoms with van der Waals surface area (Å²) < 4.78 is 14.2. The van der Waals surface area contributed by atoms with Crippen LogP contribution in [0.4, 0.5) is 10.1 Å². The first kappa shape index (κ1) is 13.8. The van der Waals surface area contributed by atoms with Crippen molar-refractivity contribution < 1.29 is 9.18 Å². The van der Waals surface area contributed by atoms with Crippen molar-refractivity contribution >= 4 is 27.5 Å². The summed E-state index contributed by atoms with van der Waals surface area (Å²) in [6.07, 6.45) is 0.330. The standard InChI is InChI=1S/C12H12BrFN4O/c1-7-10(3-2-9(13)12(7)14)18-6-8(4-11(18)19)5-16-17-15/h2-3,8H,4-6H2,1H3. The molecule has 1 unspecified atom stereocenters. The van der Waals surface area contributed by atoms with Gasteiger partial charge in [0.05, 0.1) is 4.47 Å². The van der Waals surface area contributed by atoms with Crippen LogP contribution in [0.1, 0.15) is 12.0 Å². The van der Waals surface area contributed by atoms with Crippen molar-refractivity contribution in [2.45, 2.75) is 13.3 Å².